The molecule has 4 N–H and O–H groups in total. The Morgan fingerprint density at radius 2 is 2.25 bits per heavy atom. The van der Waals surface area contributed by atoms with E-state index >= 15 is 0 Å². The van der Waals surface area contributed by atoms with Crippen LogP contribution in [0.5, 0.6) is 5.75 Å². The summed E-state index contributed by atoms with van der Waals surface area (Å²) >= 11 is 0. The Morgan fingerprint density at radius 1 is 1.50 bits per heavy atom. The van der Waals surface area contributed by atoms with Crippen LogP contribution in [0.4, 0.5) is 5.82 Å². The monoisotopic (exact) mass is 274 g/mol. The lowest BCUT2D eigenvalue weighted by Crippen LogP contribution is -2.20. The fraction of sp³-hybridized carbons (Fsp3) is 0.154. The van der Waals surface area contributed by atoms with Gasteiger partial charge >= 0.3 is 0 Å². The first-order chi connectivity index (χ1) is 9.56. The number of carbonyl (C=O) groups is 2. The number of hydrogen-bond donors (Lipinski definition) is 2. The van der Waals surface area contributed by atoms with E-state index in [2.05, 4.69) is 5.10 Å². The number of nitrogens with two attached hydrogens (primary N) is 2. The fourth-order valence-corrected chi connectivity index (χ4v) is 1.86. The summed E-state index contributed by atoms with van der Waals surface area (Å²) in [4.78, 5) is 22.2. The molecule has 1 aromatic carbocycles. The molecule has 0 bridgehead atoms. The molecule has 0 radical (unpaired) electrons. The van der Waals surface area contributed by atoms with Crippen molar-refractivity contribution < 1.29 is 14.3 Å². The number of primary amides is 1. The Morgan fingerprint density at radius 3 is 2.85 bits per heavy atom. The highest BCUT2D eigenvalue weighted by Gasteiger charge is 2.17. The number of nitrogen functional groups attached to an aromatic ring is 1. The van der Waals surface area contributed by atoms with Crippen LogP contribution in [0.3, 0.4) is 0 Å². The predicted molar refractivity (Wildman–Crippen MR) is 73.2 cm³/mol. The highest BCUT2D eigenvalue weighted by molar-refractivity contribution is 5.92. The van der Waals surface area contributed by atoms with Gasteiger partial charge in [-0.2, -0.15) is 5.10 Å². The van der Waals surface area contributed by atoms with Gasteiger partial charge in [-0.1, -0.05) is 12.1 Å². The quantitative estimate of drug-likeness (QED) is 0.768. The molecule has 20 heavy (non-hydrogen) atoms. The largest absolute Gasteiger partial charge is 0.497 e. The minimum Gasteiger partial charge on any atom is -0.497 e. The summed E-state index contributed by atoms with van der Waals surface area (Å²) in [7, 11) is 1.54. The Balaban J connectivity index is 2.55. The van der Waals surface area contributed by atoms with Gasteiger partial charge in [0.25, 0.3) is 0 Å². The molecule has 0 aliphatic heterocycles. The van der Waals surface area contributed by atoms with E-state index in [9.17, 15) is 9.59 Å². The molecule has 2 rings (SSSR count). The number of carbonyl (C=O) groups excluding carboxylic acids is 2. The van der Waals surface area contributed by atoms with Crippen LogP contribution in [-0.2, 0) is 11.3 Å². The number of nitrogens with zero attached hydrogens (tertiary/aromatic N) is 2. The van der Waals surface area contributed by atoms with E-state index in [1.807, 2.05) is 0 Å². The number of hydrogen-bond acceptors (Lipinski definition) is 5. The fourth-order valence-electron chi connectivity index (χ4n) is 1.86. The topological polar surface area (TPSA) is 113 Å². The summed E-state index contributed by atoms with van der Waals surface area (Å²) in [5, 5.41) is 4.17. The van der Waals surface area contributed by atoms with Crippen molar-refractivity contribution in [3.63, 3.8) is 0 Å². The molecule has 0 aliphatic carbocycles. The maximum absolute atomic E-state index is 11.2. The number of ether oxygens (including phenoxy) is 1. The van der Waals surface area contributed by atoms with E-state index < -0.39 is 5.91 Å². The number of methoxy groups -OCH3 is 1. The summed E-state index contributed by atoms with van der Waals surface area (Å²) in [6.07, 6.45) is 0.606. The summed E-state index contributed by atoms with van der Waals surface area (Å²) in [6, 6.07) is 7.04. The normalized spacial score (nSPS) is 10.2. The third-order valence-electron chi connectivity index (χ3n) is 2.80. The predicted octanol–water partition coefficient (Wildman–Crippen LogP) is 0.439. The summed E-state index contributed by atoms with van der Waals surface area (Å²) in [6.45, 7) is -0.184. The Labute approximate surface area is 115 Å². The second kappa shape index (κ2) is 5.43. The van der Waals surface area contributed by atoms with Gasteiger partial charge in [-0.15, -0.1) is 0 Å². The average molecular weight is 274 g/mol. The number of benzene rings is 1. The third-order valence-corrected chi connectivity index (χ3v) is 2.80. The van der Waals surface area contributed by atoms with E-state index in [0.29, 0.717) is 23.3 Å². The van der Waals surface area contributed by atoms with Crippen LogP contribution in [0.25, 0.3) is 11.3 Å². The SMILES string of the molecule is COc1cccc(-c2nn(CC(N)=O)c(N)c2C=O)c1. The maximum Gasteiger partial charge on any atom is 0.239 e. The first-order valence-electron chi connectivity index (χ1n) is 5.81. The molecule has 1 amide bonds. The maximum atomic E-state index is 11.2. The van der Waals surface area contributed by atoms with Gasteiger partial charge in [0.05, 0.1) is 12.7 Å². The first-order valence-corrected chi connectivity index (χ1v) is 5.81. The zero-order chi connectivity index (χ0) is 14.7. The molecular weight excluding hydrogens is 260 g/mol. The summed E-state index contributed by atoms with van der Waals surface area (Å²) in [5.41, 5.74) is 12.2. The van der Waals surface area contributed by atoms with E-state index in [0.717, 1.165) is 0 Å². The van der Waals surface area contributed by atoms with Gasteiger partial charge in [-0.3, -0.25) is 9.59 Å². The second-order valence-electron chi connectivity index (χ2n) is 4.12. The van der Waals surface area contributed by atoms with Crippen molar-refractivity contribution in [2.75, 3.05) is 12.8 Å². The highest BCUT2D eigenvalue weighted by atomic mass is 16.5. The van der Waals surface area contributed by atoms with E-state index in [-0.39, 0.29) is 17.9 Å². The number of rotatable bonds is 5. The molecule has 104 valence electrons. The lowest BCUT2D eigenvalue weighted by Gasteiger charge is -2.02. The van der Waals surface area contributed by atoms with Gasteiger partial charge in [0.15, 0.2) is 6.29 Å². The van der Waals surface area contributed by atoms with Crippen LogP contribution >= 0.6 is 0 Å². The molecule has 7 heteroatoms. The van der Waals surface area contributed by atoms with Crippen LogP contribution in [0.15, 0.2) is 24.3 Å². The molecule has 0 atom stereocenters. The smallest absolute Gasteiger partial charge is 0.239 e. The van der Waals surface area contributed by atoms with E-state index in [1.165, 1.54) is 4.68 Å². The van der Waals surface area contributed by atoms with Crippen LogP contribution in [0, 0.1) is 0 Å². The number of aldehydes is 1. The van der Waals surface area contributed by atoms with E-state index in [1.54, 1.807) is 31.4 Å². The lowest BCUT2D eigenvalue weighted by molar-refractivity contribution is -0.118. The zero-order valence-corrected chi connectivity index (χ0v) is 10.9. The molecule has 0 spiro atoms. The minimum absolute atomic E-state index is 0.108. The van der Waals surface area contributed by atoms with Crippen molar-refractivity contribution in [3.05, 3.63) is 29.8 Å². The Kier molecular flexibility index (Phi) is 3.69. The van der Waals surface area contributed by atoms with E-state index in [4.69, 9.17) is 16.2 Å². The molecular formula is C13H14N4O3. The molecule has 1 heterocycles. The molecule has 0 unspecified atom stereocenters. The third kappa shape index (κ3) is 2.46. The molecule has 0 fully saturated rings. The molecule has 1 aromatic heterocycles. The Hall–Kier alpha value is -2.83. The standard InChI is InChI=1S/C13H14N4O3/c1-20-9-4-2-3-8(5-9)12-10(7-18)13(15)17(16-12)6-11(14)19/h2-5,7H,6,15H2,1H3,(H2,14,19). The molecule has 0 saturated heterocycles. The summed E-state index contributed by atoms with van der Waals surface area (Å²) in [5.74, 6) is 0.146. The molecule has 0 saturated carbocycles. The van der Waals surface area contributed by atoms with Crippen LogP contribution < -0.4 is 16.2 Å². The van der Waals surface area contributed by atoms with Crippen molar-refractivity contribution in [2.45, 2.75) is 6.54 Å². The number of amides is 1. The van der Waals surface area contributed by atoms with Crippen molar-refractivity contribution in [2.24, 2.45) is 5.73 Å². The average Bonchev–Trinajstić information content (AvgIpc) is 2.75. The highest BCUT2D eigenvalue weighted by Crippen LogP contribution is 2.28. The van der Waals surface area contributed by atoms with Gasteiger partial charge < -0.3 is 16.2 Å². The Bertz CT molecular complexity index is 664. The van der Waals surface area contributed by atoms with Crippen LogP contribution in [0.2, 0.25) is 0 Å². The number of anilines is 1. The van der Waals surface area contributed by atoms with Crippen molar-refractivity contribution in [3.8, 4) is 17.0 Å². The van der Waals surface area contributed by atoms with Gasteiger partial charge in [-0.25, -0.2) is 4.68 Å². The second-order valence-corrected chi connectivity index (χ2v) is 4.12. The molecule has 2 aromatic rings. The number of aromatic nitrogens is 2. The zero-order valence-electron chi connectivity index (χ0n) is 10.9. The molecule has 7 nitrogen and oxygen atoms in total. The summed E-state index contributed by atoms with van der Waals surface area (Å²) < 4.78 is 6.33. The van der Waals surface area contributed by atoms with Gasteiger partial charge in [0.1, 0.15) is 23.8 Å². The van der Waals surface area contributed by atoms with Gasteiger partial charge in [-0.05, 0) is 12.1 Å². The van der Waals surface area contributed by atoms with Crippen molar-refractivity contribution in [1.82, 2.24) is 9.78 Å². The van der Waals surface area contributed by atoms with Crippen molar-refractivity contribution in [1.29, 1.82) is 0 Å². The van der Waals surface area contributed by atoms with Gasteiger partial charge in [0, 0.05) is 5.56 Å². The minimum atomic E-state index is -0.589. The van der Waals surface area contributed by atoms with Crippen LogP contribution in [0.1, 0.15) is 10.4 Å². The molecule has 0 aliphatic rings. The van der Waals surface area contributed by atoms with Gasteiger partial charge in [0.2, 0.25) is 5.91 Å². The van der Waals surface area contributed by atoms with Crippen molar-refractivity contribution >= 4 is 18.0 Å². The first kappa shape index (κ1) is 13.6. The lowest BCUT2D eigenvalue weighted by atomic mass is 10.1. The van der Waals surface area contributed by atoms with Crippen LogP contribution in [-0.4, -0.2) is 29.1 Å².